The van der Waals surface area contributed by atoms with Gasteiger partial charge in [0.15, 0.2) is 5.76 Å². The number of hydrogen-bond donors (Lipinski definition) is 1. The Labute approximate surface area is 180 Å². The van der Waals surface area contributed by atoms with Gasteiger partial charge in [0.2, 0.25) is 11.9 Å². The van der Waals surface area contributed by atoms with Crippen molar-refractivity contribution in [2.75, 3.05) is 12.8 Å². The molecule has 1 aliphatic rings. The van der Waals surface area contributed by atoms with E-state index in [4.69, 9.17) is 21.8 Å². The zero-order chi connectivity index (χ0) is 20.8. The molecule has 0 aromatic carbocycles. The van der Waals surface area contributed by atoms with Gasteiger partial charge in [-0.05, 0) is 31.5 Å². The molecule has 152 valence electrons. The lowest BCUT2D eigenvalue weighted by atomic mass is 10.0. The van der Waals surface area contributed by atoms with Gasteiger partial charge in [0.25, 0.3) is 0 Å². The van der Waals surface area contributed by atoms with Crippen LogP contribution in [0.4, 0.5) is 0 Å². The number of aromatic nitrogens is 2. The van der Waals surface area contributed by atoms with Crippen LogP contribution in [0.5, 0.6) is 0 Å². The summed E-state index contributed by atoms with van der Waals surface area (Å²) in [6.45, 7) is 3.92. The van der Waals surface area contributed by atoms with Crippen LogP contribution in [0.3, 0.4) is 0 Å². The smallest absolute Gasteiger partial charge is 0.237 e. The van der Waals surface area contributed by atoms with Crippen molar-refractivity contribution in [1.29, 1.82) is 0 Å². The van der Waals surface area contributed by atoms with Crippen molar-refractivity contribution < 1.29 is 8.63 Å². The Balaban J connectivity index is 1.76. The van der Waals surface area contributed by atoms with Gasteiger partial charge in [-0.2, -0.15) is 0 Å². The van der Waals surface area contributed by atoms with E-state index in [1.165, 1.54) is 15.6 Å². The normalized spacial score (nSPS) is 22.0. The number of aliphatic imine (C=N–C) groups is 1. The first-order valence-corrected chi connectivity index (χ1v) is 11.5. The molecule has 2 unspecified atom stereocenters. The van der Waals surface area contributed by atoms with Gasteiger partial charge in [-0.3, -0.25) is 9.29 Å². The van der Waals surface area contributed by atoms with E-state index in [9.17, 15) is 4.21 Å². The summed E-state index contributed by atoms with van der Waals surface area (Å²) in [5.74, 6) is 1.73. The summed E-state index contributed by atoms with van der Waals surface area (Å²) in [7, 11) is 0.387. The molecule has 1 aliphatic heterocycles. The molecule has 0 radical (unpaired) electrons. The van der Waals surface area contributed by atoms with E-state index in [1.54, 1.807) is 19.4 Å². The highest BCUT2D eigenvalue weighted by Gasteiger charge is 2.39. The van der Waals surface area contributed by atoms with Gasteiger partial charge in [0.05, 0.1) is 26.2 Å². The van der Waals surface area contributed by atoms with E-state index in [1.807, 2.05) is 32.0 Å². The van der Waals surface area contributed by atoms with E-state index in [0.717, 1.165) is 27.4 Å². The second-order valence-electron chi connectivity index (χ2n) is 6.88. The minimum atomic E-state index is -1.27. The molecule has 4 heterocycles. The number of guanidine groups is 1. The van der Waals surface area contributed by atoms with E-state index in [-0.39, 0.29) is 5.96 Å². The molecule has 4 rings (SSSR count). The average Bonchev–Trinajstić information content (AvgIpc) is 3.30. The Morgan fingerprint density at radius 3 is 2.93 bits per heavy atom. The minimum absolute atomic E-state index is 0.228. The molecule has 0 spiro atoms. The van der Waals surface area contributed by atoms with Crippen LogP contribution in [0.1, 0.15) is 24.4 Å². The highest BCUT2D eigenvalue weighted by atomic mass is 35.5. The second kappa shape index (κ2) is 7.55. The maximum absolute atomic E-state index is 12.4. The molecule has 0 amide bonds. The van der Waals surface area contributed by atoms with Crippen molar-refractivity contribution in [3.8, 4) is 22.1 Å². The Kier molecular flexibility index (Phi) is 5.22. The average molecular weight is 450 g/mol. The Bertz CT molecular complexity index is 1110. The fourth-order valence-corrected chi connectivity index (χ4v) is 5.96. The van der Waals surface area contributed by atoms with Gasteiger partial charge in [-0.15, -0.1) is 11.3 Å². The molecule has 29 heavy (non-hydrogen) atoms. The number of pyridine rings is 1. The van der Waals surface area contributed by atoms with Crippen LogP contribution in [-0.4, -0.2) is 37.2 Å². The summed E-state index contributed by atoms with van der Waals surface area (Å²) in [5.41, 5.74) is 6.92. The first-order valence-electron chi connectivity index (χ1n) is 9.00. The van der Waals surface area contributed by atoms with Gasteiger partial charge >= 0.3 is 0 Å². The largest absolute Gasteiger partial charge is 0.435 e. The van der Waals surface area contributed by atoms with Crippen LogP contribution >= 0.6 is 22.9 Å². The van der Waals surface area contributed by atoms with Crippen LogP contribution in [0.25, 0.3) is 22.1 Å². The molecule has 0 saturated heterocycles. The van der Waals surface area contributed by atoms with Crippen molar-refractivity contribution >= 4 is 39.9 Å². The third kappa shape index (κ3) is 3.58. The van der Waals surface area contributed by atoms with Crippen LogP contribution in [0, 0.1) is 0 Å². The van der Waals surface area contributed by atoms with Gasteiger partial charge in [0, 0.05) is 25.0 Å². The lowest BCUT2D eigenvalue weighted by Gasteiger charge is -2.33. The summed E-state index contributed by atoms with van der Waals surface area (Å²) in [5, 5.41) is 0.532. The van der Waals surface area contributed by atoms with Crippen molar-refractivity contribution in [3.63, 3.8) is 0 Å². The summed E-state index contributed by atoms with van der Waals surface area (Å²) >= 11 is 7.99. The molecular formula is C19H20ClN5O2S2. The molecule has 0 saturated carbocycles. The lowest BCUT2D eigenvalue weighted by Crippen LogP contribution is -2.47. The van der Waals surface area contributed by atoms with E-state index in [0.29, 0.717) is 22.4 Å². The van der Waals surface area contributed by atoms with E-state index >= 15 is 0 Å². The molecule has 3 aromatic rings. The molecule has 10 heteroatoms. The third-order valence-corrected chi connectivity index (χ3v) is 8.13. The second-order valence-corrected chi connectivity index (χ2v) is 9.82. The number of rotatable bonds is 4. The van der Waals surface area contributed by atoms with Crippen molar-refractivity contribution in [2.24, 2.45) is 10.7 Å². The van der Waals surface area contributed by atoms with Crippen molar-refractivity contribution in [2.45, 2.75) is 25.8 Å². The van der Waals surface area contributed by atoms with Gasteiger partial charge in [-0.1, -0.05) is 18.5 Å². The summed E-state index contributed by atoms with van der Waals surface area (Å²) < 4.78 is 20.0. The monoisotopic (exact) mass is 449 g/mol. The maximum atomic E-state index is 12.4. The number of thiophene rings is 1. The molecular weight excluding hydrogens is 430 g/mol. The lowest BCUT2D eigenvalue weighted by molar-refractivity contribution is 0.524. The number of halogens is 1. The summed E-state index contributed by atoms with van der Waals surface area (Å²) in [6.07, 6.45) is 4.20. The van der Waals surface area contributed by atoms with Gasteiger partial charge in [0.1, 0.15) is 16.5 Å². The van der Waals surface area contributed by atoms with Crippen LogP contribution in [-0.2, 0) is 22.9 Å². The van der Waals surface area contributed by atoms with Crippen LogP contribution in [0.2, 0.25) is 5.02 Å². The predicted octanol–water partition coefficient (Wildman–Crippen LogP) is 3.82. The third-order valence-electron chi connectivity index (χ3n) is 4.74. The molecule has 0 aliphatic carbocycles. The van der Waals surface area contributed by atoms with E-state index in [2.05, 4.69) is 15.0 Å². The van der Waals surface area contributed by atoms with Crippen molar-refractivity contribution in [1.82, 2.24) is 14.3 Å². The zero-order valence-corrected chi connectivity index (χ0v) is 18.6. The fraction of sp³-hybridized carbons (Fsp3) is 0.316. The predicted molar refractivity (Wildman–Crippen MR) is 117 cm³/mol. The molecule has 0 fully saturated rings. The molecule has 7 nitrogen and oxygen atoms in total. The molecule has 3 aromatic heterocycles. The Morgan fingerprint density at radius 1 is 1.48 bits per heavy atom. The highest BCUT2D eigenvalue weighted by molar-refractivity contribution is 7.83. The summed E-state index contributed by atoms with van der Waals surface area (Å²) in [6, 6.07) is 5.62. The quantitative estimate of drug-likeness (QED) is 0.652. The standard InChI is InChI=1S/C19H20ClN5O2S2/c1-4-13-15(11-6-5-7-22-9-11)27-17(23-13)14-8-12(20)16(28-14)19(2)10-29(26)25(3)18(21)24-19/h5-9H,4,10H2,1-3H3,(H2,21,24). The van der Waals surface area contributed by atoms with Crippen LogP contribution < -0.4 is 5.73 Å². The SMILES string of the molecule is CCc1nc(-c2cc(Cl)c(C3(C)CS(=O)N(C)C(N)=N3)s2)oc1-c1cccnc1. The number of oxazole rings is 1. The van der Waals surface area contributed by atoms with Crippen molar-refractivity contribution in [3.05, 3.63) is 46.2 Å². The maximum Gasteiger partial charge on any atom is 0.237 e. The Morgan fingerprint density at radius 2 is 2.28 bits per heavy atom. The minimum Gasteiger partial charge on any atom is -0.435 e. The first-order chi connectivity index (χ1) is 13.8. The number of nitrogens with zero attached hydrogens (tertiary/aromatic N) is 4. The van der Waals surface area contributed by atoms with E-state index < -0.39 is 16.5 Å². The number of aryl methyl sites for hydroxylation is 1. The Hall–Kier alpha value is -2.23. The fourth-order valence-electron chi connectivity index (χ4n) is 3.17. The number of nitrogens with two attached hydrogens (primary N) is 1. The first kappa shape index (κ1) is 20.1. The van der Waals surface area contributed by atoms with Gasteiger partial charge < -0.3 is 10.2 Å². The molecule has 0 bridgehead atoms. The highest BCUT2D eigenvalue weighted by Crippen LogP contribution is 2.44. The molecule has 2 N–H and O–H groups in total. The van der Waals surface area contributed by atoms with Gasteiger partial charge in [-0.25, -0.2) is 14.2 Å². The van der Waals surface area contributed by atoms with Crippen LogP contribution in [0.15, 0.2) is 40.0 Å². The molecule has 2 atom stereocenters. The topological polar surface area (TPSA) is 97.6 Å². The summed E-state index contributed by atoms with van der Waals surface area (Å²) in [4.78, 5) is 15.0. The number of hydrogen-bond acceptors (Lipinski definition) is 7. The zero-order valence-electron chi connectivity index (χ0n) is 16.2.